The summed E-state index contributed by atoms with van der Waals surface area (Å²) in [7, 11) is 0. The molecule has 0 saturated heterocycles. The largest absolute Gasteiger partial charge is 0.357 e. The predicted octanol–water partition coefficient (Wildman–Crippen LogP) is 4.14. The monoisotopic (exact) mass is 496 g/mol. The van der Waals surface area contributed by atoms with Crippen LogP contribution in [0.25, 0.3) is 5.82 Å². The van der Waals surface area contributed by atoms with Gasteiger partial charge in [-0.1, -0.05) is 13.0 Å². The average molecular weight is 496 g/mol. The minimum absolute atomic E-state index is 0. The van der Waals surface area contributed by atoms with Crippen LogP contribution in [0.1, 0.15) is 56.5 Å². The number of hydrogen-bond acceptors (Lipinski definition) is 3. The molecular weight excluding hydrogens is 463 g/mol. The molecule has 0 aromatic carbocycles. The first-order chi connectivity index (χ1) is 13.0. The highest BCUT2D eigenvalue weighted by atomic mass is 127. The lowest BCUT2D eigenvalue weighted by Gasteiger charge is -2.28. The molecule has 0 unspecified atom stereocenters. The zero-order chi connectivity index (χ0) is 19.2. The minimum Gasteiger partial charge on any atom is -0.357 e. The molecule has 1 aliphatic carbocycles. The molecule has 2 aromatic heterocycles. The quantitative estimate of drug-likeness (QED) is 0.371. The lowest BCUT2D eigenvalue weighted by atomic mass is 9.87. The van der Waals surface area contributed by atoms with Crippen LogP contribution in [-0.2, 0) is 6.54 Å². The number of hydrogen-bond donors (Lipinski definition) is 2. The third-order valence-corrected chi connectivity index (χ3v) is 5.16. The van der Waals surface area contributed by atoms with E-state index in [2.05, 4.69) is 46.7 Å². The van der Waals surface area contributed by atoms with Gasteiger partial charge in [0.2, 0.25) is 0 Å². The summed E-state index contributed by atoms with van der Waals surface area (Å²) in [6.45, 7) is 9.96. The number of aromatic nitrogens is 3. The Morgan fingerprint density at radius 3 is 2.54 bits per heavy atom. The standard InChI is InChI=1S/C21H32N6.HI/c1-5-22-21(25-19-9-6-15(2)7-10-19)24-14-18-8-11-20(23-13-18)27-17(4)12-16(3)26-27;/h8,11-13,15,19H,5-7,9-10,14H2,1-4H3,(H2,22,24,25);1H. The summed E-state index contributed by atoms with van der Waals surface area (Å²) < 4.78 is 1.87. The Bertz CT molecular complexity index is 760. The first-order valence-corrected chi connectivity index (χ1v) is 10.1. The number of aliphatic imine (C=N–C) groups is 1. The summed E-state index contributed by atoms with van der Waals surface area (Å²) in [5.41, 5.74) is 3.18. The van der Waals surface area contributed by atoms with Crippen LogP contribution >= 0.6 is 24.0 Å². The second-order valence-corrected chi connectivity index (χ2v) is 7.66. The van der Waals surface area contributed by atoms with Crippen molar-refractivity contribution in [2.75, 3.05) is 6.54 Å². The van der Waals surface area contributed by atoms with Gasteiger partial charge in [-0.05, 0) is 70.1 Å². The SMILES string of the molecule is CCNC(=NCc1ccc(-n2nc(C)cc2C)nc1)NC1CCC(C)CC1.I. The van der Waals surface area contributed by atoms with Crippen molar-refractivity contribution < 1.29 is 0 Å². The fraction of sp³-hybridized carbons (Fsp3) is 0.571. The highest BCUT2D eigenvalue weighted by Gasteiger charge is 2.18. The lowest BCUT2D eigenvalue weighted by Crippen LogP contribution is -2.44. The third-order valence-electron chi connectivity index (χ3n) is 5.16. The molecule has 0 amide bonds. The van der Waals surface area contributed by atoms with Crippen LogP contribution in [0.5, 0.6) is 0 Å². The number of rotatable bonds is 5. The highest BCUT2D eigenvalue weighted by molar-refractivity contribution is 14.0. The molecule has 1 saturated carbocycles. The van der Waals surface area contributed by atoms with Crippen LogP contribution in [0.2, 0.25) is 0 Å². The minimum atomic E-state index is 0. The van der Waals surface area contributed by atoms with E-state index in [1.807, 2.05) is 30.8 Å². The number of nitrogens with zero attached hydrogens (tertiary/aromatic N) is 4. The molecule has 2 aromatic rings. The van der Waals surface area contributed by atoms with E-state index in [4.69, 9.17) is 4.99 Å². The van der Waals surface area contributed by atoms with Gasteiger partial charge in [-0.3, -0.25) is 0 Å². The Hall–Kier alpha value is -1.64. The van der Waals surface area contributed by atoms with E-state index < -0.39 is 0 Å². The van der Waals surface area contributed by atoms with Crippen LogP contribution in [0.15, 0.2) is 29.4 Å². The summed E-state index contributed by atoms with van der Waals surface area (Å²) in [5.74, 6) is 2.60. The Balaban J connectivity index is 0.00000280. The summed E-state index contributed by atoms with van der Waals surface area (Å²) >= 11 is 0. The van der Waals surface area contributed by atoms with Crippen molar-refractivity contribution >= 4 is 29.9 Å². The molecule has 0 radical (unpaired) electrons. The van der Waals surface area contributed by atoms with E-state index in [0.29, 0.717) is 12.6 Å². The Kier molecular flexibility index (Phi) is 8.72. The predicted molar refractivity (Wildman–Crippen MR) is 126 cm³/mol. The summed E-state index contributed by atoms with van der Waals surface area (Å²) in [5, 5.41) is 11.4. The maximum Gasteiger partial charge on any atom is 0.191 e. The van der Waals surface area contributed by atoms with Gasteiger partial charge in [0.25, 0.3) is 0 Å². The average Bonchev–Trinajstić information content (AvgIpc) is 3.00. The van der Waals surface area contributed by atoms with Gasteiger partial charge in [0.15, 0.2) is 11.8 Å². The van der Waals surface area contributed by atoms with Gasteiger partial charge < -0.3 is 10.6 Å². The van der Waals surface area contributed by atoms with Gasteiger partial charge in [0, 0.05) is 24.5 Å². The fourth-order valence-corrected chi connectivity index (χ4v) is 3.58. The van der Waals surface area contributed by atoms with Crippen molar-refractivity contribution in [1.29, 1.82) is 0 Å². The van der Waals surface area contributed by atoms with Gasteiger partial charge in [0.1, 0.15) is 0 Å². The maximum absolute atomic E-state index is 4.75. The number of aryl methyl sites for hydroxylation is 2. The van der Waals surface area contributed by atoms with Crippen molar-refractivity contribution in [3.05, 3.63) is 41.3 Å². The molecule has 3 rings (SSSR count). The maximum atomic E-state index is 4.75. The van der Waals surface area contributed by atoms with Crippen LogP contribution in [-0.4, -0.2) is 33.3 Å². The molecule has 6 nitrogen and oxygen atoms in total. The van der Waals surface area contributed by atoms with Gasteiger partial charge in [0.05, 0.1) is 12.2 Å². The Morgan fingerprint density at radius 1 is 1.21 bits per heavy atom. The van der Waals surface area contributed by atoms with Crippen molar-refractivity contribution in [2.24, 2.45) is 10.9 Å². The zero-order valence-corrected chi connectivity index (χ0v) is 19.7. The summed E-state index contributed by atoms with van der Waals surface area (Å²) in [4.78, 5) is 9.31. The van der Waals surface area contributed by atoms with Gasteiger partial charge >= 0.3 is 0 Å². The summed E-state index contributed by atoms with van der Waals surface area (Å²) in [6, 6.07) is 6.67. The van der Waals surface area contributed by atoms with Crippen LogP contribution in [0, 0.1) is 19.8 Å². The molecule has 7 heteroatoms. The van der Waals surface area contributed by atoms with Crippen molar-refractivity contribution in [2.45, 2.75) is 66.0 Å². The van der Waals surface area contributed by atoms with E-state index in [1.54, 1.807) is 0 Å². The first kappa shape index (κ1) is 22.6. The van der Waals surface area contributed by atoms with Gasteiger partial charge in [-0.2, -0.15) is 5.10 Å². The normalized spacial score (nSPS) is 19.8. The van der Waals surface area contributed by atoms with Crippen molar-refractivity contribution in [1.82, 2.24) is 25.4 Å². The van der Waals surface area contributed by atoms with Crippen LogP contribution < -0.4 is 10.6 Å². The van der Waals surface area contributed by atoms with E-state index >= 15 is 0 Å². The van der Waals surface area contributed by atoms with E-state index in [0.717, 1.165) is 41.2 Å². The molecule has 154 valence electrons. The number of halogens is 1. The second-order valence-electron chi connectivity index (χ2n) is 7.66. The first-order valence-electron chi connectivity index (χ1n) is 10.1. The van der Waals surface area contributed by atoms with Crippen LogP contribution in [0.3, 0.4) is 0 Å². The molecule has 0 spiro atoms. The molecule has 0 bridgehead atoms. The molecule has 1 fully saturated rings. The molecular formula is C21H33IN6. The number of guanidine groups is 1. The molecule has 0 aliphatic heterocycles. The molecule has 0 atom stereocenters. The zero-order valence-electron chi connectivity index (χ0n) is 17.4. The molecule has 28 heavy (non-hydrogen) atoms. The number of pyridine rings is 1. The van der Waals surface area contributed by atoms with Crippen LogP contribution in [0.4, 0.5) is 0 Å². The number of nitrogens with one attached hydrogen (secondary N) is 2. The fourth-order valence-electron chi connectivity index (χ4n) is 3.58. The molecule has 2 heterocycles. The van der Waals surface area contributed by atoms with Crippen molar-refractivity contribution in [3.63, 3.8) is 0 Å². The molecule has 1 aliphatic rings. The van der Waals surface area contributed by atoms with Gasteiger partial charge in [-0.25, -0.2) is 14.7 Å². The molecule has 2 N–H and O–H groups in total. The van der Waals surface area contributed by atoms with E-state index in [9.17, 15) is 0 Å². The topological polar surface area (TPSA) is 67.1 Å². The Labute approximate surface area is 185 Å². The summed E-state index contributed by atoms with van der Waals surface area (Å²) in [6.07, 6.45) is 6.94. The van der Waals surface area contributed by atoms with Crippen molar-refractivity contribution in [3.8, 4) is 5.82 Å². The second kappa shape index (κ2) is 10.8. The lowest BCUT2D eigenvalue weighted by molar-refractivity contribution is 0.329. The van der Waals surface area contributed by atoms with E-state index in [1.165, 1.54) is 25.7 Å². The van der Waals surface area contributed by atoms with Gasteiger partial charge in [-0.15, -0.1) is 24.0 Å². The van der Waals surface area contributed by atoms with E-state index in [-0.39, 0.29) is 24.0 Å². The smallest absolute Gasteiger partial charge is 0.191 e. The Morgan fingerprint density at radius 2 is 1.96 bits per heavy atom. The third kappa shape index (κ3) is 6.18. The highest BCUT2D eigenvalue weighted by Crippen LogP contribution is 2.23.